The van der Waals surface area contributed by atoms with Crippen molar-refractivity contribution in [1.82, 2.24) is 9.88 Å². The molecule has 2 unspecified atom stereocenters. The summed E-state index contributed by atoms with van der Waals surface area (Å²) in [5.41, 5.74) is 5.47. The van der Waals surface area contributed by atoms with E-state index in [1.54, 1.807) is 33.0 Å². The molecule has 0 saturated carbocycles. The topological polar surface area (TPSA) is 131 Å². The van der Waals surface area contributed by atoms with Gasteiger partial charge in [-0.25, -0.2) is 4.79 Å². The van der Waals surface area contributed by atoms with Crippen LogP contribution in [0.25, 0.3) is 0 Å². The molecule has 132 valence electrons. The number of nitrogens with two attached hydrogens (primary N) is 1. The number of carboxylic acids is 1. The quantitative estimate of drug-likeness (QED) is 0.623. The van der Waals surface area contributed by atoms with Crippen LogP contribution < -0.4 is 16.6 Å². The van der Waals surface area contributed by atoms with Crippen molar-refractivity contribution >= 4 is 17.8 Å². The fourth-order valence-corrected chi connectivity index (χ4v) is 2.38. The molecule has 0 bridgehead atoms. The van der Waals surface area contributed by atoms with Gasteiger partial charge in [-0.15, -0.1) is 0 Å². The molecule has 1 rings (SSSR count). The number of aryl methyl sites for hydroxylation is 1. The highest BCUT2D eigenvalue weighted by atomic mass is 16.4. The van der Waals surface area contributed by atoms with Crippen molar-refractivity contribution in [3.8, 4) is 0 Å². The number of nitrogens with zero attached hydrogens (tertiary/aromatic N) is 1. The largest absolute Gasteiger partial charge is 0.480 e. The molecule has 2 atom stereocenters. The fourth-order valence-electron chi connectivity index (χ4n) is 2.38. The predicted octanol–water partition coefficient (Wildman–Crippen LogP) is 0.189. The zero-order valence-electron chi connectivity index (χ0n) is 14.0. The molecule has 1 aromatic heterocycles. The van der Waals surface area contributed by atoms with Gasteiger partial charge in [-0.05, 0) is 24.8 Å². The number of amides is 2. The van der Waals surface area contributed by atoms with Crippen LogP contribution >= 0.6 is 0 Å². The van der Waals surface area contributed by atoms with Crippen LogP contribution in [0, 0.1) is 12.8 Å². The standard InChI is InChI=1S/C16H23N3O5/c1-9(2)14(19-8-10(3)4-7-13(19)21)15(22)18-11(16(23)24)5-6-12(17)20/h4,7-9,11,14H,5-6H2,1-3H3,(H2,17,20)(H,18,22)(H,23,24). The first-order valence-electron chi connectivity index (χ1n) is 7.63. The Morgan fingerprint density at radius 2 is 1.92 bits per heavy atom. The van der Waals surface area contributed by atoms with Crippen LogP contribution in [-0.2, 0) is 14.4 Å². The van der Waals surface area contributed by atoms with Crippen molar-refractivity contribution in [3.05, 3.63) is 34.2 Å². The summed E-state index contributed by atoms with van der Waals surface area (Å²) in [6.07, 6.45) is 1.30. The van der Waals surface area contributed by atoms with Gasteiger partial charge in [0.1, 0.15) is 12.1 Å². The summed E-state index contributed by atoms with van der Waals surface area (Å²) in [4.78, 5) is 46.7. The molecule has 0 fully saturated rings. The average Bonchev–Trinajstić information content (AvgIpc) is 2.46. The second-order valence-corrected chi connectivity index (χ2v) is 6.05. The number of carboxylic acid groups (broad SMARTS) is 1. The molecule has 4 N–H and O–H groups in total. The number of aromatic nitrogens is 1. The SMILES string of the molecule is Cc1ccc(=O)n(C(C(=O)NC(CCC(N)=O)C(=O)O)C(C)C)c1. The molecule has 0 aliphatic carbocycles. The first kappa shape index (κ1) is 19.4. The van der Waals surface area contributed by atoms with Crippen molar-refractivity contribution < 1.29 is 19.5 Å². The molecule has 0 aliphatic heterocycles. The van der Waals surface area contributed by atoms with Crippen LogP contribution in [0.4, 0.5) is 0 Å². The minimum absolute atomic E-state index is 0.107. The lowest BCUT2D eigenvalue weighted by molar-refractivity contribution is -0.143. The van der Waals surface area contributed by atoms with Gasteiger partial charge in [0.2, 0.25) is 11.8 Å². The van der Waals surface area contributed by atoms with Crippen molar-refractivity contribution in [3.63, 3.8) is 0 Å². The lowest BCUT2D eigenvalue weighted by Crippen LogP contribution is -2.47. The lowest BCUT2D eigenvalue weighted by Gasteiger charge is -2.25. The number of nitrogens with one attached hydrogen (secondary N) is 1. The van der Waals surface area contributed by atoms with E-state index in [1.807, 2.05) is 0 Å². The summed E-state index contributed by atoms with van der Waals surface area (Å²) in [5, 5.41) is 11.6. The van der Waals surface area contributed by atoms with E-state index in [4.69, 9.17) is 5.73 Å². The molecule has 1 heterocycles. The normalized spacial score (nSPS) is 13.3. The van der Waals surface area contributed by atoms with Gasteiger partial charge in [-0.3, -0.25) is 14.4 Å². The average molecular weight is 337 g/mol. The summed E-state index contributed by atoms with van der Waals surface area (Å²) in [6.45, 7) is 5.31. The van der Waals surface area contributed by atoms with E-state index in [0.717, 1.165) is 5.56 Å². The minimum Gasteiger partial charge on any atom is -0.480 e. The maximum absolute atomic E-state index is 12.6. The molecule has 8 nitrogen and oxygen atoms in total. The number of hydrogen-bond acceptors (Lipinski definition) is 4. The molecule has 0 saturated heterocycles. The third-order valence-electron chi connectivity index (χ3n) is 3.58. The van der Waals surface area contributed by atoms with E-state index < -0.39 is 29.9 Å². The summed E-state index contributed by atoms with van der Waals surface area (Å²) in [7, 11) is 0. The molecule has 8 heteroatoms. The van der Waals surface area contributed by atoms with Crippen LogP contribution in [-0.4, -0.2) is 33.5 Å². The van der Waals surface area contributed by atoms with E-state index in [0.29, 0.717) is 0 Å². The fraction of sp³-hybridized carbons (Fsp3) is 0.500. The molecular weight excluding hydrogens is 314 g/mol. The van der Waals surface area contributed by atoms with Crippen molar-refractivity contribution in [2.45, 2.75) is 45.7 Å². The van der Waals surface area contributed by atoms with Crippen LogP contribution in [0.1, 0.15) is 38.3 Å². The van der Waals surface area contributed by atoms with Gasteiger partial charge in [-0.1, -0.05) is 19.9 Å². The van der Waals surface area contributed by atoms with Crippen LogP contribution in [0.2, 0.25) is 0 Å². The molecule has 0 aromatic carbocycles. The molecule has 0 radical (unpaired) electrons. The highest BCUT2D eigenvalue weighted by Crippen LogP contribution is 2.17. The Kier molecular flexibility index (Phi) is 6.69. The number of hydrogen-bond donors (Lipinski definition) is 3. The second kappa shape index (κ2) is 8.28. The first-order chi connectivity index (χ1) is 11.1. The van der Waals surface area contributed by atoms with Gasteiger partial charge in [-0.2, -0.15) is 0 Å². The van der Waals surface area contributed by atoms with Crippen molar-refractivity contribution in [1.29, 1.82) is 0 Å². The van der Waals surface area contributed by atoms with Gasteiger partial charge >= 0.3 is 5.97 Å². The smallest absolute Gasteiger partial charge is 0.326 e. The third-order valence-corrected chi connectivity index (χ3v) is 3.58. The van der Waals surface area contributed by atoms with E-state index >= 15 is 0 Å². The Hall–Kier alpha value is -2.64. The Morgan fingerprint density at radius 3 is 2.42 bits per heavy atom. The number of rotatable bonds is 8. The Labute approximate surface area is 139 Å². The lowest BCUT2D eigenvalue weighted by atomic mass is 10.0. The Balaban J connectivity index is 3.05. The van der Waals surface area contributed by atoms with Gasteiger partial charge in [0.05, 0.1) is 0 Å². The summed E-state index contributed by atoms with van der Waals surface area (Å²) < 4.78 is 1.29. The number of carbonyl (C=O) groups excluding carboxylic acids is 2. The molecule has 1 aromatic rings. The van der Waals surface area contributed by atoms with E-state index in [1.165, 1.54) is 10.6 Å². The number of primary amides is 1. The monoisotopic (exact) mass is 337 g/mol. The van der Waals surface area contributed by atoms with Crippen molar-refractivity contribution in [2.75, 3.05) is 0 Å². The molecule has 2 amide bonds. The summed E-state index contributed by atoms with van der Waals surface area (Å²) in [5.74, 6) is -2.74. The Bertz CT molecular complexity index is 681. The molecule has 24 heavy (non-hydrogen) atoms. The Morgan fingerprint density at radius 1 is 1.29 bits per heavy atom. The van der Waals surface area contributed by atoms with Crippen molar-refractivity contribution in [2.24, 2.45) is 11.7 Å². The number of pyridine rings is 1. The van der Waals surface area contributed by atoms with Crippen LogP contribution in [0.5, 0.6) is 0 Å². The molecule has 0 spiro atoms. The molecular formula is C16H23N3O5. The van der Waals surface area contributed by atoms with Gasteiger partial charge in [0, 0.05) is 18.7 Å². The van der Waals surface area contributed by atoms with Gasteiger partial charge in [0.25, 0.3) is 5.56 Å². The zero-order valence-corrected chi connectivity index (χ0v) is 14.0. The van der Waals surface area contributed by atoms with E-state index in [9.17, 15) is 24.3 Å². The minimum atomic E-state index is -1.26. The van der Waals surface area contributed by atoms with Gasteiger partial charge < -0.3 is 20.7 Å². The highest BCUT2D eigenvalue weighted by molar-refractivity contribution is 5.86. The predicted molar refractivity (Wildman–Crippen MR) is 87.3 cm³/mol. The van der Waals surface area contributed by atoms with Gasteiger partial charge in [0.15, 0.2) is 0 Å². The second-order valence-electron chi connectivity index (χ2n) is 6.05. The van der Waals surface area contributed by atoms with Crippen LogP contribution in [0.15, 0.2) is 23.1 Å². The summed E-state index contributed by atoms with van der Waals surface area (Å²) >= 11 is 0. The highest BCUT2D eigenvalue weighted by Gasteiger charge is 2.29. The zero-order chi connectivity index (χ0) is 18.4. The summed E-state index contributed by atoms with van der Waals surface area (Å²) in [6, 6.07) is 0.903. The first-order valence-corrected chi connectivity index (χ1v) is 7.63. The molecule has 0 aliphatic rings. The third kappa shape index (κ3) is 5.22. The maximum Gasteiger partial charge on any atom is 0.326 e. The number of carbonyl (C=O) groups is 3. The van der Waals surface area contributed by atoms with Crippen LogP contribution in [0.3, 0.4) is 0 Å². The maximum atomic E-state index is 12.6. The van der Waals surface area contributed by atoms with E-state index in [-0.39, 0.29) is 24.3 Å². The number of aliphatic carboxylic acids is 1. The van der Waals surface area contributed by atoms with E-state index in [2.05, 4.69) is 5.32 Å².